The van der Waals surface area contributed by atoms with Crippen molar-refractivity contribution < 1.29 is 4.79 Å². The van der Waals surface area contributed by atoms with Gasteiger partial charge in [0.1, 0.15) is 0 Å². The molecular weight excluding hydrogens is 312 g/mol. The Kier molecular flexibility index (Phi) is 5.53. The van der Waals surface area contributed by atoms with Gasteiger partial charge in [0, 0.05) is 31.7 Å². The molecular formula is C20H28N4O. The van der Waals surface area contributed by atoms with Gasteiger partial charge in [-0.3, -0.25) is 9.48 Å². The number of nitrogens with zero attached hydrogens (tertiary/aromatic N) is 4. The fourth-order valence-electron chi connectivity index (χ4n) is 3.61. The molecule has 5 nitrogen and oxygen atoms in total. The van der Waals surface area contributed by atoms with E-state index in [2.05, 4.69) is 48.1 Å². The first-order valence-electron chi connectivity index (χ1n) is 9.04. The molecule has 0 fully saturated rings. The Bertz CT molecular complexity index is 722. The average Bonchev–Trinajstić information content (AvgIpc) is 2.95. The standard InChI is InChI=1S/C20H28N4O/c1-16-6-4-5-7-17(16)8-9-20(25)23-15-19-10-12-21-24(19)13-11-18(23)14-22(2)3/h4-7,10,12,18H,8-9,11,13-15H2,1-3H3/t18-/m0/s1. The van der Waals surface area contributed by atoms with Crippen LogP contribution in [0.15, 0.2) is 36.5 Å². The molecule has 25 heavy (non-hydrogen) atoms. The normalized spacial score (nSPS) is 17.4. The quantitative estimate of drug-likeness (QED) is 0.840. The minimum Gasteiger partial charge on any atom is -0.332 e. The number of carbonyl (C=O) groups is 1. The maximum absolute atomic E-state index is 13.0. The molecule has 2 aromatic rings. The molecule has 1 atom stereocenters. The fourth-order valence-corrected chi connectivity index (χ4v) is 3.61. The van der Waals surface area contributed by atoms with Crippen LogP contribution in [0.2, 0.25) is 0 Å². The van der Waals surface area contributed by atoms with Crippen LogP contribution in [0.1, 0.15) is 29.7 Å². The van der Waals surface area contributed by atoms with Gasteiger partial charge in [-0.05, 0) is 51.1 Å². The van der Waals surface area contributed by atoms with Gasteiger partial charge in [0.05, 0.1) is 12.2 Å². The largest absolute Gasteiger partial charge is 0.332 e. The second-order valence-electron chi connectivity index (χ2n) is 7.20. The van der Waals surface area contributed by atoms with Gasteiger partial charge in [0.15, 0.2) is 0 Å². The molecule has 0 radical (unpaired) electrons. The van der Waals surface area contributed by atoms with Crippen molar-refractivity contribution in [3.05, 3.63) is 53.3 Å². The van der Waals surface area contributed by atoms with Gasteiger partial charge < -0.3 is 9.80 Å². The molecule has 1 aliphatic heterocycles. The third kappa shape index (κ3) is 4.28. The summed E-state index contributed by atoms with van der Waals surface area (Å²) in [6, 6.07) is 10.6. The van der Waals surface area contributed by atoms with E-state index in [0.717, 1.165) is 31.6 Å². The molecule has 0 saturated carbocycles. The molecule has 1 aliphatic rings. The third-order valence-electron chi connectivity index (χ3n) is 5.02. The molecule has 1 aromatic heterocycles. The topological polar surface area (TPSA) is 41.4 Å². The van der Waals surface area contributed by atoms with Gasteiger partial charge in [-0.1, -0.05) is 24.3 Å². The molecule has 0 spiro atoms. The van der Waals surface area contributed by atoms with E-state index < -0.39 is 0 Å². The van der Waals surface area contributed by atoms with Crippen LogP contribution in [0.4, 0.5) is 0 Å². The highest BCUT2D eigenvalue weighted by Gasteiger charge is 2.28. The van der Waals surface area contributed by atoms with Gasteiger partial charge in [-0.2, -0.15) is 5.10 Å². The molecule has 1 amide bonds. The number of rotatable bonds is 5. The Balaban J connectivity index is 1.73. The molecule has 0 aliphatic carbocycles. The van der Waals surface area contributed by atoms with Crippen LogP contribution >= 0.6 is 0 Å². The van der Waals surface area contributed by atoms with E-state index in [1.165, 1.54) is 11.1 Å². The summed E-state index contributed by atoms with van der Waals surface area (Å²) in [4.78, 5) is 17.3. The molecule has 5 heteroatoms. The third-order valence-corrected chi connectivity index (χ3v) is 5.02. The van der Waals surface area contributed by atoms with Crippen LogP contribution in [0, 0.1) is 6.92 Å². The highest BCUT2D eigenvalue weighted by Crippen LogP contribution is 2.20. The maximum atomic E-state index is 13.0. The summed E-state index contributed by atoms with van der Waals surface area (Å²) in [7, 11) is 4.14. The summed E-state index contributed by atoms with van der Waals surface area (Å²) in [5.74, 6) is 0.241. The maximum Gasteiger partial charge on any atom is 0.223 e. The number of fused-ring (bicyclic) bond motifs is 1. The number of aryl methyl sites for hydroxylation is 3. The zero-order valence-corrected chi connectivity index (χ0v) is 15.5. The number of hydrogen-bond donors (Lipinski definition) is 0. The van der Waals surface area contributed by atoms with Crippen LogP contribution in [-0.4, -0.2) is 52.2 Å². The number of carbonyl (C=O) groups excluding carboxylic acids is 1. The minimum atomic E-state index is 0.237. The molecule has 1 aromatic carbocycles. The molecule has 0 N–H and O–H groups in total. The van der Waals surface area contributed by atoms with Crippen molar-refractivity contribution in [1.29, 1.82) is 0 Å². The summed E-state index contributed by atoms with van der Waals surface area (Å²) in [5, 5.41) is 4.39. The van der Waals surface area contributed by atoms with Gasteiger partial charge in [0.2, 0.25) is 5.91 Å². The molecule has 0 bridgehead atoms. The molecule has 134 valence electrons. The fraction of sp³-hybridized carbons (Fsp3) is 0.500. The van der Waals surface area contributed by atoms with Crippen molar-refractivity contribution in [2.45, 2.75) is 45.3 Å². The first kappa shape index (κ1) is 17.7. The van der Waals surface area contributed by atoms with E-state index in [1.807, 2.05) is 29.1 Å². The van der Waals surface area contributed by atoms with Crippen molar-refractivity contribution >= 4 is 5.91 Å². The van der Waals surface area contributed by atoms with E-state index >= 15 is 0 Å². The Morgan fingerprint density at radius 2 is 2.08 bits per heavy atom. The zero-order chi connectivity index (χ0) is 17.8. The Labute approximate surface area is 150 Å². The number of hydrogen-bond acceptors (Lipinski definition) is 3. The number of amides is 1. The first-order chi connectivity index (χ1) is 12.0. The Morgan fingerprint density at radius 3 is 2.84 bits per heavy atom. The summed E-state index contributed by atoms with van der Waals surface area (Å²) in [6.45, 7) is 4.54. The lowest BCUT2D eigenvalue weighted by Crippen LogP contribution is -2.44. The first-order valence-corrected chi connectivity index (χ1v) is 9.04. The van der Waals surface area contributed by atoms with Crippen LogP contribution in [-0.2, 0) is 24.3 Å². The van der Waals surface area contributed by atoms with Crippen molar-refractivity contribution in [3.63, 3.8) is 0 Å². The van der Waals surface area contributed by atoms with E-state index in [-0.39, 0.29) is 11.9 Å². The summed E-state index contributed by atoms with van der Waals surface area (Å²) in [5.41, 5.74) is 3.65. The van der Waals surface area contributed by atoms with Crippen LogP contribution in [0.25, 0.3) is 0 Å². The second-order valence-corrected chi connectivity index (χ2v) is 7.20. The van der Waals surface area contributed by atoms with Crippen LogP contribution in [0.5, 0.6) is 0 Å². The highest BCUT2D eigenvalue weighted by molar-refractivity contribution is 5.77. The van der Waals surface area contributed by atoms with Gasteiger partial charge in [-0.25, -0.2) is 0 Å². The SMILES string of the molecule is Cc1ccccc1CCC(=O)N1Cc2ccnn2CC[C@H]1CN(C)C. The van der Waals surface area contributed by atoms with E-state index in [1.54, 1.807) is 0 Å². The van der Waals surface area contributed by atoms with Crippen molar-refractivity contribution in [3.8, 4) is 0 Å². The van der Waals surface area contributed by atoms with E-state index in [4.69, 9.17) is 0 Å². The van der Waals surface area contributed by atoms with Crippen molar-refractivity contribution in [2.24, 2.45) is 0 Å². The average molecular weight is 340 g/mol. The second kappa shape index (κ2) is 7.83. The summed E-state index contributed by atoms with van der Waals surface area (Å²) in [6.07, 6.45) is 4.14. The predicted octanol–water partition coefficient (Wildman–Crippen LogP) is 2.49. The number of aromatic nitrogens is 2. The molecule has 3 rings (SSSR count). The predicted molar refractivity (Wildman–Crippen MR) is 99.2 cm³/mol. The van der Waals surface area contributed by atoms with Crippen LogP contribution < -0.4 is 0 Å². The lowest BCUT2D eigenvalue weighted by Gasteiger charge is -2.32. The summed E-state index contributed by atoms with van der Waals surface area (Å²) < 4.78 is 2.04. The van der Waals surface area contributed by atoms with Gasteiger partial charge >= 0.3 is 0 Å². The lowest BCUT2D eigenvalue weighted by molar-refractivity contribution is -0.134. The van der Waals surface area contributed by atoms with E-state index in [9.17, 15) is 4.79 Å². The monoisotopic (exact) mass is 340 g/mol. The highest BCUT2D eigenvalue weighted by atomic mass is 16.2. The molecule has 2 heterocycles. The Hall–Kier alpha value is -2.14. The van der Waals surface area contributed by atoms with Gasteiger partial charge in [-0.15, -0.1) is 0 Å². The lowest BCUT2D eigenvalue weighted by atomic mass is 10.0. The minimum absolute atomic E-state index is 0.237. The van der Waals surface area contributed by atoms with Crippen molar-refractivity contribution in [2.75, 3.05) is 20.6 Å². The van der Waals surface area contributed by atoms with Crippen molar-refractivity contribution in [1.82, 2.24) is 19.6 Å². The van der Waals surface area contributed by atoms with Crippen LogP contribution in [0.3, 0.4) is 0 Å². The van der Waals surface area contributed by atoms with E-state index in [0.29, 0.717) is 13.0 Å². The zero-order valence-electron chi connectivity index (χ0n) is 15.5. The molecule has 0 unspecified atom stereocenters. The van der Waals surface area contributed by atoms with Gasteiger partial charge in [0.25, 0.3) is 0 Å². The number of benzene rings is 1. The molecule has 0 saturated heterocycles. The number of likely N-dealkylation sites (N-methyl/N-ethyl adjacent to an activating group) is 1. The Morgan fingerprint density at radius 1 is 1.28 bits per heavy atom. The summed E-state index contributed by atoms with van der Waals surface area (Å²) >= 11 is 0. The smallest absolute Gasteiger partial charge is 0.223 e.